The fraction of sp³-hybridized carbons (Fsp3) is 0.278. The Morgan fingerprint density at radius 3 is 2.96 bits per heavy atom. The van der Waals surface area contributed by atoms with Gasteiger partial charge in [0.05, 0.1) is 22.6 Å². The molecule has 7 heteroatoms. The molecule has 2 aromatic rings. The Balaban J connectivity index is 1.91. The molecule has 0 bridgehead atoms. The Morgan fingerprint density at radius 1 is 1.44 bits per heavy atom. The number of amidine groups is 1. The van der Waals surface area contributed by atoms with Crippen LogP contribution in [0.3, 0.4) is 0 Å². The second-order valence-corrected chi connectivity index (χ2v) is 6.70. The van der Waals surface area contributed by atoms with E-state index in [2.05, 4.69) is 15.3 Å². The van der Waals surface area contributed by atoms with Gasteiger partial charge < -0.3 is 16.0 Å². The van der Waals surface area contributed by atoms with Crippen LogP contribution in [-0.4, -0.2) is 41.8 Å². The van der Waals surface area contributed by atoms with E-state index in [1.807, 2.05) is 43.0 Å². The van der Waals surface area contributed by atoms with Crippen molar-refractivity contribution in [2.75, 3.05) is 20.1 Å². The van der Waals surface area contributed by atoms with E-state index in [-0.39, 0.29) is 5.91 Å². The summed E-state index contributed by atoms with van der Waals surface area (Å²) < 4.78 is 0. The van der Waals surface area contributed by atoms with Crippen molar-refractivity contribution in [1.82, 2.24) is 15.2 Å². The van der Waals surface area contributed by atoms with Crippen molar-refractivity contribution >= 4 is 28.8 Å². The van der Waals surface area contributed by atoms with Crippen LogP contribution in [0.4, 0.5) is 5.69 Å². The van der Waals surface area contributed by atoms with Crippen LogP contribution in [0.25, 0.3) is 10.4 Å². The van der Waals surface area contributed by atoms with Crippen LogP contribution in [-0.2, 0) is 4.79 Å². The van der Waals surface area contributed by atoms with Crippen LogP contribution in [0.5, 0.6) is 0 Å². The number of carbonyl (C=O) groups is 1. The fourth-order valence-electron chi connectivity index (χ4n) is 2.84. The number of nitrogens with zero attached hydrogens (tertiary/aromatic N) is 3. The molecule has 0 saturated carbocycles. The summed E-state index contributed by atoms with van der Waals surface area (Å²) in [5.41, 5.74) is 11.9. The molecule has 0 atom stereocenters. The first-order chi connectivity index (χ1) is 12.1. The Morgan fingerprint density at radius 2 is 2.28 bits per heavy atom. The molecule has 1 amide bonds. The van der Waals surface area contributed by atoms with Gasteiger partial charge in [-0.25, -0.2) is 4.99 Å². The van der Waals surface area contributed by atoms with Crippen molar-refractivity contribution in [3.8, 4) is 10.4 Å². The van der Waals surface area contributed by atoms with Crippen molar-refractivity contribution in [1.29, 1.82) is 0 Å². The lowest BCUT2D eigenvalue weighted by Crippen LogP contribution is -2.40. The van der Waals surface area contributed by atoms with Gasteiger partial charge in [-0.05, 0) is 17.7 Å². The summed E-state index contributed by atoms with van der Waals surface area (Å²) in [4.78, 5) is 23.3. The molecule has 1 aromatic heterocycles. The summed E-state index contributed by atoms with van der Waals surface area (Å²) in [5.74, 6) is 0.490. The first-order valence-electron chi connectivity index (χ1n) is 8.07. The van der Waals surface area contributed by atoms with Gasteiger partial charge in [0.2, 0.25) is 5.91 Å². The number of aliphatic imine (C=N–C) groups is 1. The number of thiazole rings is 1. The third-order valence-electron chi connectivity index (χ3n) is 4.21. The van der Waals surface area contributed by atoms with Gasteiger partial charge >= 0.3 is 0 Å². The van der Waals surface area contributed by atoms with E-state index < -0.39 is 0 Å². The summed E-state index contributed by atoms with van der Waals surface area (Å²) >= 11 is 1.58. The minimum absolute atomic E-state index is 0.0487. The van der Waals surface area contributed by atoms with E-state index in [1.165, 1.54) is 0 Å². The summed E-state index contributed by atoms with van der Waals surface area (Å²) in [6.07, 6.45) is 2.59. The quantitative estimate of drug-likeness (QED) is 0.652. The average Bonchev–Trinajstić information content (AvgIpc) is 3.16. The van der Waals surface area contributed by atoms with E-state index in [4.69, 9.17) is 5.73 Å². The normalized spacial score (nSPS) is 15.4. The molecule has 0 saturated heterocycles. The summed E-state index contributed by atoms with van der Waals surface area (Å²) in [6, 6.07) is 7.89. The Labute approximate surface area is 151 Å². The van der Waals surface area contributed by atoms with Gasteiger partial charge in [0, 0.05) is 44.4 Å². The molecule has 0 fully saturated rings. The maximum absolute atomic E-state index is 11.7. The first kappa shape index (κ1) is 17.2. The number of nitrogens with two attached hydrogens (primary N) is 1. The highest BCUT2D eigenvalue weighted by Gasteiger charge is 2.22. The maximum atomic E-state index is 11.7. The Hall–Kier alpha value is -2.67. The lowest BCUT2D eigenvalue weighted by molar-refractivity contribution is -0.128. The number of hydrogen-bond acceptors (Lipinski definition) is 5. The van der Waals surface area contributed by atoms with E-state index in [0.717, 1.165) is 33.8 Å². The number of rotatable bonds is 4. The minimum atomic E-state index is 0.0487. The molecule has 0 aliphatic carbocycles. The lowest BCUT2D eigenvalue weighted by atomic mass is 10.0. The second-order valence-electron chi connectivity index (χ2n) is 5.81. The number of nitrogens with one attached hydrogen (secondary N) is 1. The summed E-state index contributed by atoms with van der Waals surface area (Å²) in [7, 11) is 1.87. The highest BCUT2D eigenvalue weighted by atomic mass is 32.1. The smallest absolute Gasteiger partial charge is 0.219 e. The van der Waals surface area contributed by atoms with Gasteiger partial charge in [0.15, 0.2) is 0 Å². The topological polar surface area (TPSA) is 83.6 Å². The third-order valence-corrected chi connectivity index (χ3v) is 5.04. The van der Waals surface area contributed by atoms with Gasteiger partial charge in [-0.15, -0.1) is 11.3 Å². The number of aromatic nitrogens is 1. The van der Waals surface area contributed by atoms with Gasteiger partial charge in [-0.2, -0.15) is 0 Å². The van der Waals surface area contributed by atoms with Crippen molar-refractivity contribution in [2.24, 2.45) is 10.7 Å². The Kier molecular flexibility index (Phi) is 5.14. The van der Waals surface area contributed by atoms with E-state index in [0.29, 0.717) is 18.9 Å². The zero-order chi connectivity index (χ0) is 17.8. The Bertz CT molecular complexity index is 826. The van der Waals surface area contributed by atoms with Crippen LogP contribution in [0.2, 0.25) is 0 Å². The number of carbonyl (C=O) groups excluding carboxylic acids is 1. The molecular formula is C18H21N5OS. The number of benzene rings is 1. The average molecular weight is 355 g/mol. The molecule has 0 spiro atoms. The van der Waals surface area contributed by atoms with Crippen molar-refractivity contribution in [3.05, 3.63) is 47.2 Å². The van der Waals surface area contributed by atoms with Crippen molar-refractivity contribution < 1.29 is 4.79 Å². The SMILES string of the molecule is CNC1=C(C(N)=Nc2cccc(-c3cncs3)c2)CN(C(C)=O)CC1. The van der Waals surface area contributed by atoms with Crippen LogP contribution in [0.1, 0.15) is 13.3 Å². The molecule has 3 N–H and O–H groups in total. The zero-order valence-electron chi connectivity index (χ0n) is 14.3. The van der Waals surface area contributed by atoms with Gasteiger partial charge in [0.1, 0.15) is 5.84 Å². The van der Waals surface area contributed by atoms with Gasteiger partial charge in [-0.3, -0.25) is 9.78 Å². The van der Waals surface area contributed by atoms with Crippen molar-refractivity contribution in [2.45, 2.75) is 13.3 Å². The zero-order valence-corrected chi connectivity index (χ0v) is 15.1. The number of hydrogen-bond donors (Lipinski definition) is 2. The monoisotopic (exact) mass is 355 g/mol. The van der Waals surface area contributed by atoms with E-state index in [9.17, 15) is 4.79 Å². The molecule has 2 heterocycles. The van der Waals surface area contributed by atoms with Crippen LogP contribution in [0, 0.1) is 0 Å². The standard InChI is InChI=1S/C18H21N5OS/c1-12(24)23-7-6-16(20-2)15(10-23)18(19)22-14-5-3-4-13(8-14)17-9-21-11-25-17/h3-5,8-9,11,20H,6-7,10H2,1-2H3,(H2,19,22). The molecule has 1 aliphatic rings. The van der Waals surface area contributed by atoms with Gasteiger partial charge in [-0.1, -0.05) is 12.1 Å². The second kappa shape index (κ2) is 7.48. The predicted molar refractivity (Wildman–Crippen MR) is 102 cm³/mol. The highest BCUT2D eigenvalue weighted by Crippen LogP contribution is 2.27. The van der Waals surface area contributed by atoms with Crippen LogP contribution < -0.4 is 11.1 Å². The summed E-state index contributed by atoms with van der Waals surface area (Å²) in [6.45, 7) is 2.76. The van der Waals surface area contributed by atoms with Crippen LogP contribution >= 0.6 is 11.3 Å². The van der Waals surface area contributed by atoms with Crippen LogP contribution in [0.15, 0.2) is 52.2 Å². The van der Waals surface area contributed by atoms with E-state index >= 15 is 0 Å². The van der Waals surface area contributed by atoms with Gasteiger partial charge in [0.25, 0.3) is 0 Å². The minimum Gasteiger partial charge on any atom is -0.391 e. The third kappa shape index (κ3) is 3.88. The molecule has 6 nitrogen and oxygen atoms in total. The first-order valence-corrected chi connectivity index (χ1v) is 8.95. The molecular weight excluding hydrogens is 334 g/mol. The summed E-state index contributed by atoms with van der Waals surface area (Å²) in [5, 5.41) is 3.19. The van der Waals surface area contributed by atoms with E-state index in [1.54, 1.807) is 23.2 Å². The molecule has 0 radical (unpaired) electrons. The predicted octanol–water partition coefficient (Wildman–Crippen LogP) is 2.52. The highest BCUT2D eigenvalue weighted by molar-refractivity contribution is 7.13. The molecule has 130 valence electrons. The maximum Gasteiger partial charge on any atom is 0.219 e. The number of amides is 1. The van der Waals surface area contributed by atoms with Crippen molar-refractivity contribution in [3.63, 3.8) is 0 Å². The molecule has 25 heavy (non-hydrogen) atoms. The molecule has 1 aromatic carbocycles. The fourth-order valence-corrected chi connectivity index (χ4v) is 3.46. The molecule has 0 unspecified atom stereocenters. The molecule has 1 aliphatic heterocycles. The largest absolute Gasteiger partial charge is 0.391 e. The lowest BCUT2D eigenvalue weighted by Gasteiger charge is -2.29. The molecule has 3 rings (SSSR count).